The molecule has 0 bridgehead atoms. The quantitative estimate of drug-likeness (QED) is 0.813. The van der Waals surface area contributed by atoms with Gasteiger partial charge >= 0.3 is 0 Å². The lowest BCUT2D eigenvalue weighted by atomic mass is 9.98. The van der Waals surface area contributed by atoms with Crippen molar-refractivity contribution in [3.8, 4) is 0 Å². The van der Waals surface area contributed by atoms with E-state index in [1.807, 2.05) is 16.7 Å². The van der Waals surface area contributed by atoms with Gasteiger partial charge in [-0.3, -0.25) is 4.57 Å². The molecule has 106 valence electrons. The van der Waals surface area contributed by atoms with Gasteiger partial charge in [0.2, 0.25) is 4.77 Å². The summed E-state index contributed by atoms with van der Waals surface area (Å²) < 4.78 is 7.73. The molecule has 2 aromatic rings. The molecule has 0 aromatic carbocycles. The smallest absolute Gasteiger partial charge is 0.202 e. The molecule has 0 amide bonds. The Bertz CT molecular complexity index is 622. The van der Waals surface area contributed by atoms with Crippen molar-refractivity contribution < 1.29 is 4.42 Å². The van der Waals surface area contributed by atoms with Crippen molar-refractivity contribution in [2.24, 2.45) is 0 Å². The highest BCUT2D eigenvalue weighted by molar-refractivity contribution is 7.71. The first kappa shape index (κ1) is 13.5. The number of hydrogen-bond acceptors (Lipinski definition) is 5. The Morgan fingerprint density at radius 2 is 2.40 bits per heavy atom. The molecule has 0 saturated carbocycles. The molecule has 0 spiro atoms. The fraction of sp³-hybridized carbons (Fsp3) is 0.500. The third-order valence-corrected chi connectivity index (χ3v) is 4.01. The Labute approximate surface area is 123 Å². The van der Waals surface area contributed by atoms with Crippen molar-refractivity contribution in [2.45, 2.75) is 25.3 Å². The second-order valence-corrected chi connectivity index (χ2v) is 5.67. The van der Waals surface area contributed by atoms with Crippen LogP contribution in [0.4, 0.5) is 0 Å². The summed E-state index contributed by atoms with van der Waals surface area (Å²) in [6, 6.07) is 3.79. The van der Waals surface area contributed by atoms with Gasteiger partial charge in [-0.1, -0.05) is 0 Å². The molecule has 5 nitrogen and oxygen atoms in total. The zero-order chi connectivity index (χ0) is 13.9. The van der Waals surface area contributed by atoms with Gasteiger partial charge < -0.3 is 9.32 Å². The molecule has 1 atom stereocenters. The summed E-state index contributed by atoms with van der Waals surface area (Å²) in [6.45, 7) is 2.75. The number of nitrogens with zero attached hydrogens (tertiary/aromatic N) is 4. The maximum Gasteiger partial charge on any atom is 0.202 e. The molecule has 2 aromatic heterocycles. The van der Waals surface area contributed by atoms with Gasteiger partial charge in [0.05, 0.1) is 19.1 Å². The van der Waals surface area contributed by atoms with Crippen LogP contribution in [-0.2, 0) is 6.54 Å². The predicted octanol–water partition coefficient (Wildman–Crippen LogP) is 2.46. The van der Waals surface area contributed by atoms with Crippen molar-refractivity contribution in [1.82, 2.24) is 19.4 Å². The maximum absolute atomic E-state index is 5.37. The van der Waals surface area contributed by atoms with Gasteiger partial charge in [-0.15, -0.1) is 0 Å². The molecule has 6 heteroatoms. The summed E-state index contributed by atoms with van der Waals surface area (Å²) >= 11 is 5.37. The zero-order valence-corrected chi connectivity index (χ0v) is 12.3. The van der Waals surface area contributed by atoms with Crippen LogP contribution in [0.3, 0.4) is 0 Å². The topological polar surface area (TPSA) is 47.1 Å². The Balaban J connectivity index is 1.78. The molecule has 0 aliphatic carbocycles. The van der Waals surface area contributed by atoms with E-state index < -0.39 is 0 Å². The molecule has 1 fully saturated rings. The Kier molecular flexibility index (Phi) is 3.93. The SMILES string of the molecule is CN1CCCC(c2ncn(Cc3ccco3)c(=S)n2)C1. The van der Waals surface area contributed by atoms with Gasteiger partial charge in [0.1, 0.15) is 11.6 Å². The van der Waals surface area contributed by atoms with E-state index in [4.69, 9.17) is 16.6 Å². The lowest BCUT2D eigenvalue weighted by molar-refractivity contribution is 0.245. The minimum absolute atomic E-state index is 0.397. The van der Waals surface area contributed by atoms with Gasteiger partial charge in [0.15, 0.2) is 0 Å². The maximum atomic E-state index is 5.37. The summed E-state index contributed by atoms with van der Waals surface area (Å²) in [5.41, 5.74) is 0. The molecule has 1 unspecified atom stereocenters. The summed E-state index contributed by atoms with van der Waals surface area (Å²) in [5, 5.41) is 0. The van der Waals surface area contributed by atoms with E-state index in [9.17, 15) is 0 Å². The average Bonchev–Trinajstić information content (AvgIpc) is 2.94. The monoisotopic (exact) mass is 290 g/mol. The zero-order valence-electron chi connectivity index (χ0n) is 11.5. The van der Waals surface area contributed by atoms with Gasteiger partial charge in [-0.2, -0.15) is 0 Å². The summed E-state index contributed by atoms with van der Waals surface area (Å²) in [7, 11) is 2.14. The molecule has 0 N–H and O–H groups in total. The van der Waals surface area contributed by atoms with Crippen molar-refractivity contribution >= 4 is 12.2 Å². The lowest BCUT2D eigenvalue weighted by Crippen LogP contribution is -2.31. The van der Waals surface area contributed by atoms with Crippen LogP contribution in [0.25, 0.3) is 0 Å². The van der Waals surface area contributed by atoms with E-state index >= 15 is 0 Å². The van der Waals surface area contributed by atoms with Crippen LogP contribution in [0.15, 0.2) is 29.1 Å². The van der Waals surface area contributed by atoms with Crippen molar-refractivity contribution in [3.05, 3.63) is 41.1 Å². The number of likely N-dealkylation sites (tertiary alicyclic amines) is 1. The Morgan fingerprint density at radius 1 is 1.50 bits per heavy atom. The molecule has 3 heterocycles. The van der Waals surface area contributed by atoms with Gasteiger partial charge in [-0.25, -0.2) is 9.97 Å². The van der Waals surface area contributed by atoms with E-state index in [1.54, 1.807) is 12.6 Å². The largest absolute Gasteiger partial charge is 0.467 e. The highest BCUT2D eigenvalue weighted by Gasteiger charge is 2.21. The molecule has 3 rings (SSSR count). The molecule has 1 aliphatic rings. The molecule has 0 radical (unpaired) electrons. The van der Waals surface area contributed by atoms with E-state index in [0.717, 1.165) is 31.1 Å². The van der Waals surface area contributed by atoms with Gasteiger partial charge in [-0.05, 0) is 50.8 Å². The Hall–Kier alpha value is -1.53. The van der Waals surface area contributed by atoms with Crippen molar-refractivity contribution in [3.63, 3.8) is 0 Å². The molecule has 20 heavy (non-hydrogen) atoms. The number of hydrogen-bond donors (Lipinski definition) is 0. The number of piperidine rings is 1. The van der Waals surface area contributed by atoms with Crippen LogP contribution in [0.2, 0.25) is 0 Å². The highest BCUT2D eigenvalue weighted by atomic mass is 32.1. The average molecular weight is 290 g/mol. The number of rotatable bonds is 3. The van der Waals surface area contributed by atoms with Gasteiger partial charge in [0, 0.05) is 12.5 Å². The van der Waals surface area contributed by atoms with Crippen LogP contribution in [0.1, 0.15) is 30.3 Å². The number of aromatic nitrogens is 3. The fourth-order valence-electron chi connectivity index (χ4n) is 2.62. The second-order valence-electron chi connectivity index (χ2n) is 5.31. The van der Waals surface area contributed by atoms with E-state index in [1.165, 1.54) is 6.42 Å². The molecular weight excluding hydrogens is 272 g/mol. The van der Waals surface area contributed by atoms with Gasteiger partial charge in [0.25, 0.3) is 0 Å². The predicted molar refractivity (Wildman–Crippen MR) is 78.1 cm³/mol. The first-order chi connectivity index (χ1) is 9.72. The van der Waals surface area contributed by atoms with E-state index in [-0.39, 0.29) is 0 Å². The van der Waals surface area contributed by atoms with Crippen LogP contribution in [-0.4, -0.2) is 39.6 Å². The molecular formula is C14H18N4OS. The summed E-state index contributed by atoms with van der Waals surface area (Å²) in [6.07, 6.45) is 5.77. The highest BCUT2D eigenvalue weighted by Crippen LogP contribution is 2.23. The third-order valence-electron chi connectivity index (χ3n) is 3.68. The number of furan rings is 1. The summed E-state index contributed by atoms with van der Waals surface area (Å²) in [5.74, 6) is 2.13. The standard InChI is InChI=1S/C14H18N4OS/c1-17-6-2-4-11(8-17)13-15-10-18(14(20)16-13)9-12-5-3-7-19-12/h3,5,7,10-11H,2,4,6,8-9H2,1H3. The lowest BCUT2D eigenvalue weighted by Gasteiger charge is -2.28. The minimum Gasteiger partial charge on any atom is -0.467 e. The van der Waals surface area contributed by atoms with Crippen LogP contribution in [0.5, 0.6) is 0 Å². The Morgan fingerprint density at radius 3 is 3.10 bits per heavy atom. The first-order valence-electron chi connectivity index (χ1n) is 6.86. The summed E-state index contributed by atoms with van der Waals surface area (Å²) in [4.78, 5) is 11.3. The second kappa shape index (κ2) is 5.85. The third kappa shape index (κ3) is 2.96. The van der Waals surface area contributed by atoms with Crippen molar-refractivity contribution in [2.75, 3.05) is 20.1 Å². The number of likely N-dealkylation sites (N-methyl/N-ethyl adjacent to an activating group) is 1. The first-order valence-corrected chi connectivity index (χ1v) is 7.27. The van der Waals surface area contributed by atoms with Crippen LogP contribution in [0, 0.1) is 4.77 Å². The normalized spacial score (nSPS) is 20.1. The molecule has 1 aliphatic heterocycles. The fourth-order valence-corrected chi connectivity index (χ4v) is 2.83. The minimum atomic E-state index is 0.397. The van der Waals surface area contributed by atoms with E-state index in [2.05, 4.69) is 21.9 Å². The van der Waals surface area contributed by atoms with E-state index in [0.29, 0.717) is 17.2 Å². The van der Waals surface area contributed by atoms with Crippen LogP contribution < -0.4 is 0 Å². The molecule has 1 saturated heterocycles. The van der Waals surface area contributed by atoms with Crippen LogP contribution >= 0.6 is 12.2 Å². The van der Waals surface area contributed by atoms with Crippen molar-refractivity contribution in [1.29, 1.82) is 0 Å².